The van der Waals surface area contributed by atoms with E-state index < -0.39 is 0 Å². The molecule has 0 atom stereocenters. The van der Waals surface area contributed by atoms with Crippen LogP contribution in [-0.4, -0.2) is 59.3 Å². The third-order valence-corrected chi connectivity index (χ3v) is 5.87. The van der Waals surface area contributed by atoms with Crippen LogP contribution in [0.15, 0.2) is 12.4 Å². The SMILES string of the molecule is NC1CC(c2cc(NC3CCN(C4CCOCC4)CC3)ncn2)C1. The van der Waals surface area contributed by atoms with Crippen molar-refractivity contribution in [1.82, 2.24) is 14.9 Å². The molecule has 1 aliphatic carbocycles. The van der Waals surface area contributed by atoms with Crippen molar-refractivity contribution >= 4 is 5.82 Å². The molecule has 1 aromatic rings. The smallest absolute Gasteiger partial charge is 0.129 e. The average molecular weight is 331 g/mol. The summed E-state index contributed by atoms with van der Waals surface area (Å²) in [5.74, 6) is 1.50. The fourth-order valence-corrected chi connectivity index (χ4v) is 4.25. The second-order valence-corrected chi connectivity index (χ2v) is 7.55. The number of likely N-dealkylation sites (tertiary alicyclic amines) is 1. The van der Waals surface area contributed by atoms with Gasteiger partial charge in [-0.3, -0.25) is 0 Å². The Labute approximate surface area is 144 Å². The van der Waals surface area contributed by atoms with Gasteiger partial charge in [0, 0.05) is 62.1 Å². The van der Waals surface area contributed by atoms with Gasteiger partial charge >= 0.3 is 0 Å². The average Bonchev–Trinajstić information content (AvgIpc) is 2.61. The Balaban J connectivity index is 1.28. The molecule has 132 valence electrons. The predicted octanol–water partition coefficient (Wildman–Crippen LogP) is 1.74. The molecule has 2 saturated heterocycles. The van der Waals surface area contributed by atoms with E-state index in [0.29, 0.717) is 18.0 Å². The zero-order valence-electron chi connectivity index (χ0n) is 14.4. The van der Waals surface area contributed by atoms with Crippen molar-refractivity contribution < 1.29 is 4.74 Å². The van der Waals surface area contributed by atoms with Crippen molar-refractivity contribution in [2.45, 2.75) is 62.6 Å². The third kappa shape index (κ3) is 3.71. The monoisotopic (exact) mass is 331 g/mol. The van der Waals surface area contributed by atoms with E-state index in [2.05, 4.69) is 26.3 Å². The maximum Gasteiger partial charge on any atom is 0.129 e. The zero-order valence-corrected chi connectivity index (χ0v) is 14.4. The van der Waals surface area contributed by atoms with Crippen molar-refractivity contribution in [3.8, 4) is 0 Å². The first-order chi connectivity index (χ1) is 11.8. The lowest BCUT2D eigenvalue weighted by Crippen LogP contribution is -2.46. The van der Waals surface area contributed by atoms with E-state index >= 15 is 0 Å². The molecule has 3 N–H and O–H groups in total. The van der Waals surface area contributed by atoms with Crippen LogP contribution < -0.4 is 11.1 Å². The van der Waals surface area contributed by atoms with Crippen LogP contribution in [0.25, 0.3) is 0 Å². The van der Waals surface area contributed by atoms with Gasteiger partial charge in [0.2, 0.25) is 0 Å². The Bertz CT molecular complexity index is 534. The lowest BCUT2D eigenvalue weighted by Gasteiger charge is -2.39. The lowest BCUT2D eigenvalue weighted by molar-refractivity contribution is 0.0262. The number of ether oxygens (including phenoxy) is 1. The van der Waals surface area contributed by atoms with Crippen molar-refractivity contribution in [3.05, 3.63) is 18.1 Å². The number of hydrogen-bond donors (Lipinski definition) is 2. The maximum atomic E-state index is 5.90. The molecule has 0 bridgehead atoms. The highest BCUT2D eigenvalue weighted by Gasteiger charge is 2.29. The summed E-state index contributed by atoms with van der Waals surface area (Å²) >= 11 is 0. The van der Waals surface area contributed by atoms with Crippen molar-refractivity contribution in [1.29, 1.82) is 0 Å². The van der Waals surface area contributed by atoms with Gasteiger partial charge in [-0.2, -0.15) is 0 Å². The van der Waals surface area contributed by atoms with Crippen molar-refractivity contribution in [2.75, 3.05) is 31.6 Å². The van der Waals surface area contributed by atoms with Gasteiger partial charge in [-0.15, -0.1) is 0 Å². The molecular formula is C18H29N5O. The van der Waals surface area contributed by atoms with Gasteiger partial charge in [0.25, 0.3) is 0 Å². The molecule has 3 aliphatic rings. The molecule has 24 heavy (non-hydrogen) atoms. The molecular weight excluding hydrogens is 302 g/mol. The highest BCUT2D eigenvalue weighted by molar-refractivity contribution is 5.37. The minimum atomic E-state index is 0.357. The Morgan fingerprint density at radius 3 is 2.54 bits per heavy atom. The van der Waals surface area contributed by atoms with Gasteiger partial charge in [-0.25, -0.2) is 9.97 Å². The summed E-state index contributed by atoms with van der Waals surface area (Å²) in [5.41, 5.74) is 7.04. The van der Waals surface area contributed by atoms with Crippen LogP contribution in [0.3, 0.4) is 0 Å². The van der Waals surface area contributed by atoms with E-state index in [-0.39, 0.29) is 0 Å². The highest BCUT2D eigenvalue weighted by Crippen LogP contribution is 2.35. The van der Waals surface area contributed by atoms with Gasteiger partial charge in [-0.05, 0) is 38.5 Å². The van der Waals surface area contributed by atoms with Crippen molar-refractivity contribution in [2.24, 2.45) is 5.73 Å². The van der Waals surface area contributed by atoms with E-state index in [0.717, 1.165) is 43.6 Å². The number of nitrogens with two attached hydrogens (primary N) is 1. The summed E-state index contributed by atoms with van der Waals surface area (Å²) in [6.45, 7) is 4.21. The van der Waals surface area contributed by atoms with Gasteiger partial charge in [0.15, 0.2) is 0 Å². The summed E-state index contributed by atoms with van der Waals surface area (Å²) < 4.78 is 5.48. The Morgan fingerprint density at radius 1 is 1.08 bits per heavy atom. The van der Waals surface area contributed by atoms with Crippen LogP contribution in [-0.2, 0) is 4.74 Å². The topological polar surface area (TPSA) is 76.3 Å². The van der Waals surface area contributed by atoms with Crippen LogP contribution in [0.4, 0.5) is 5.82 Å². The number of hydrogen-bond acceptors (Lipinski definition) is 6. The number of piperidine rings is 1. The minimum Gasteiger partial charge on any atom is -0.381 e. The maximum absolute atomic E-state index is 5.90. The van der Waals surface area contributed by atoms with Gasteiger partial charge in [0.1, 0.15) is 12.1 Å². The largest absolute Gasteiger partial charge is 0.381 e. The highest BCUT2D eigenvalue weighted by atomic mass is 16.5. The summed E-state index contributed by atoms with van der Waals surface area (Å²) in [5, 5.41) is 3.63. The van der Waals surface area contributed by atoms with Crippen LogP contribution in [0, 0.1) is 0 Å². The standard InChI is InChI=1S/C18H29N5O/c19-14-9-13(10-14)17-11-18(21-12-20-17)22-15-1-5-23(6-2-15)16-3-7-24-8-4-16/h11-16H,1-10,19H2,(H,20,21,22). The van der Waals surface area contributed by atoms with Crippen LogP contribution in [0.1, 0.15) is 50.1 Å². The van der Waals surface area contributed by atoms with Crippen LogP contribution in [0.5, 0.6) is 0 Å². The first kappa shape index (κ1) is 16.2. The number of anilines is 1. The van der Waals surface area contributed by atoms with Crippen LogP contribution in [0.2, 0.25) is 0 Å². The lowest BCUT2D eigenvalue weighted by atomic mass is 9.78. The van der Waals surface area contributed by atoms with Gasteiger partial charge < -0.3 is 20.7 Å². The predicted molar refractivity (Wildman–Crippen MR) is 94.0 cm³/mol. The van der Waals surface area contributed by atoms with E-state index in [1.54, 1.807) is 6.33 Å². The second-order valence-electron chi connectivity index (χ2n) is 7.55. The fourth-order valence-electron chi connectivity index (χ4n) is 4.25. The molecule has 0 spiro atoms. The number of rotatable bonds is 4. The normalized spacial score (nSPS) is 30.0. The minimum absolute atomic E-state index is 0.357. The molecule has 0 amide bonds. The van der Waals surface area contributed by atoms with E-state index in [1.807, 2.05) is 0 Å². The summed E-state index contributed by atoms with van der Waals surface area (Å²) in [6, 6.07) is 3.73. The summed E-state index contributed by atoms with van der Waals surface area (Å²) in [6.07, 6.45) is 8.56. The van der Waals surface area contributed by atoms with E-state index in [4.69, 9.17) is 10.5 Å². The molecule has 1 saturated carbocycles. The molecule has 3 fully saturated rings. The van der Waals surface area contributed by atoms with E-state index in [1.165, 1.54) is 38.8 Å². The molecule has 3 heterocycles. The molecule has 0 aromatic carbocycles. The van der Waals surface area contributed by atoms with E-state index in [9.17, 15) is 0 Å². The number of nitrogens with zero attached hydrogens (tertiary/aromatic N) is 3. The second kappa shape index (κ2) is 7.33. The summed E-state index contributed by atoms with van der Waals surface area (Å²) in [7, 11) is 0. The molecule has 2 aliphatic heterocycles. The quantitative estimate of drug-likeness (QED) is 0.875. The van der Waals surface area contributed by atoms with Crippen LogP contribution >= 0.6 is 0 Å². The Kier molecular flexibility index (Phi) is 4.96. The van der Waals surface area contributed by atoms with Crippen molar-refractivity contribution in [3.63, 3.8) is 0 Å². The molecule has 6 heteroatoms. The Hall–Kier alpha value is -1.24. The molecule has 4 rings (SSSR count). The van der Waals surface area contributed by atoms with Gasteiger partial charge in [0.05, 0.1) is 0 Å². The fraction of sp³-hybridized carbons (Fsp3) is 0.778. The molecule has 6 nitrogen and oxygen atoms in total. The Morgan fingerprint density at radius 2 is 1.83 bits per heavy atom. The third-order valence-electron chi connectivity index (χ3n) is 5.87. The first-order valence-corrected chi connectivity index (χ1v) is 9.44. The number of nitrogens with one attached hydrogen (secondary N) is 1. The molecule has 0 radical (unpaired) electrons. The zero-order chi connectivity index (χ0) is 16.4. The first-order valence-electron chi connectivity index (χ1n) is 9.44. The van der Waals surface area contributed by atoms with Gasteiger partial charge in [-0.1, -0.05) is 0 Å². The number of aromatic nitrogens is 2. The molecule has 1 aromatic heterocycles. The summed E-state index contributed by atoms with van der Waals surface area (Å²) in [4.78, 5) is 11.5. The molecule has 0 unspecified atom stereocenters.